The minimum Gasteiger partial charge on any atom is -0.338 e. The van der Waals surface area contributed by atoms with E-state index in [0.29, 0.717) is 12.0 Å². The summed E-state index contributed by atoms with van der Waals surface area (Å²) in [5.41, 5.74) is 0. The van der Waals surface area contributed by atoms with Gasteiger partial charge in [-0.05, 0) is 37.6 Å². The van der Waals surface area contributed by atoms with Gasteiger partial charge < -0.3 is 10.6 Å². The highest BCUT2D eigenvalue weighted by molar-refractivity contribution is 5.73. The van der Waals surface area contributed by atoms with Crippen LogP contribution < -0.4 is 10.6 Å². The normalized spacial score (nSPS) is 34.1. The minimum absolute atomic E-state index is 0.0280. The van der Waals surface area contributed by atoms with Crippen molar-refractivity contribution in [3.63, 3.8) is 0 Å². The highest BCUT2D eigenvalue weighted by Gasteiger charge is 2.38. The van der Waals surface area contributed by atoms with Gasteiger partial charge in [0, 0.05) is 25.7 Å². The highest BCUT2D eigenvalue weighted by Crippen LogP contribution is 2.36. The molecule has 3 heterocycles. The highest BCUT2D eigenvalue weighted by atomic mass is 16.2. The lowest BCUT2D eigenvalue weighted by molar-refractivity contribution is 0.0207. The average molecular weight is 251 g/mol. The van der Waals surface area contributed by atoms with E-state index in [1.54, 1.807) is 0 Å². The van der Waals surface area contributed by atoms with Gasteiger partial charge in [0.15, 0.2) is 0 Å². The number of carbonyl (C=O) groups excluding carboxylic acids is 1. The van der Waals surface area contributed by atoms with Crippen molar-refractivity contribution in [2.75, 3.05) is 26.2 Å². The third-order valence-electron chi connectivity index (χ3n) is 4.27. The monoisotopic (exact) mass is 251 g/mol. The molecule has 0 aliphatic carbocycles. The summed E-state index contributed by atoms with van der Waals surface area (Å²) in [6.07, 6.45) is 5.57. The van der Waals surface area contributed by atoms with Crippen molar-refractivity contribution in [3.8, 4) is 0 Å². The summed E-state index contributed by atoms with van der Waals surface area (Å²) in [6, 6.07) is 0.493. The fourth-order valence-corrected chi connectivity index (χ4v) is 3.17. The van der Waals surface area contributed by atoms with Crippen LogP contribution in [0.1, 0.15) is 26.2 Å². The van der Waals surface area contributed by atoms with E-state index in [4.69, 9.17) is 0 Å². The number of carbonyl (C=O) groups is 1. The number of amides is 2. The molecule has 3 rings (SSSR count). The molecule has 4 atom stereocenters. The van der Waals surface area contributed by atoms with E-state index in [9.17, 15) is 4.79 Å². The standard InChI is InChI=1S/C14H25N3O/c1-3-6-15-14(18)16-9-13-8-12-5-7-17(13)10-11(12)4-2/h4,11-13H,2-3,5-10H2,1H3,(H2,15,16,18)/t11-,12-,13+/m0/s1. The molecule has 3 saturated heterocycles. The van der Waals surface area contributed by atoms with Gasteiger partial charge in [-0.1, -0.05) is 13.0 Å². The van der Waals surface area contributed by atoms with Crippen molar-refractivity contribution in [1.82, 2.24) is 15.5 Å². The zero-order valence-corrected chi connectivity index (χ0v) is 11.3. The number of urea groups is 1. The van der Waals surface area contributed by atoms with Crippen molar-refractivity contribution in [3.05, 3.63) is 12.7 Å². The van der Waals surface area contributed by atoms with Gasteiger partial charge in [-0.3, -0.25) is 4.90 Å². The number of rotatable bonds is 5. The van der Waals surface area contributed by atoms with E-state index in [0.717, 1.165) is 32.0 Å². The maximum absolute atomic E-state index is 11.5. The molecule has 0 saturated carbocycles. The van der Waals surface area contributed by atoms with Gasteiger partial charge in [0.2, 0.25) is 0 Å². The molecule has 1 unspecified atom stereocenters. The zero-order valence-electron chi connectivity index (χ0n) is 11.3. The van der Waals surface area contributed by atoms with Crippen LogP contribution in [0.25, 0.3) is 0 Å². The van der Waals surface area contributed by atoms with Crippen molar-refractivity contribution in [1.29, 1.82) is 0 Å². The lowest BCUT2D eigenvalue weighted by Gasteiger charge is -2.49. The minimum atomic E-state index is -0.0280. The Kier molecular flexibility index (Phi) is 4.64. The molecule has 102 valence electrons. The van der Waals surface area contributed by atoms with Gasteiger partial charge in [-0.15, -0.1) is 6.58 Å². The van der Waals surface area contributed by atoms with Crippen molar-refractivity contribution in [2.24, 2.45) is 11.8 Å². The fraction of sp³-hybridized carbons (Fsp3) is 0.786. The maximum atomic E-state index is 11.5. The van der Waals surface area contributed by atoms with Gasteiger partial charge in [-0.25, -0.2) is 4.79 Å². The second-order valence-electron chi connectivity index (χ2n) is 5.47. The Labute approximate surface area is 110 Å². The maximum Gasteiger partial charge on any atom is 0.314 e. The third kappa shape index (κ3) is 3.05. The summed E-state index contributed by atoms with van der Waals surface area (Å²) in [4.78, 5) is 14.0. The van der Waals surface area contributed by atoms with Crippen molar-refractivity contribution in [2.45, 2.75) is 32.2 Å². The van der Waals surface area contributed by atoms with Gasteiger partial charge in [-0.2, -0.15) is 0 Å². The first-order chi connectivity index (χ1) is 8.74. The summed E-state index contributed by atoms with van der Waals surface area (Å²) in [5.74, 6) is 1.43. The lowest BCUT2D eigenvalue weighted by Crippen LogP contribution is -2.57. The first kappa shape index (κ1) is 13.4. The second-order valence-corrected chi connectivity index (χ2v) is 5.47. The molecule has 0 radical (unpaired) electrons. The predicted octanol–water partition coefficient (Wildman–Crippen LogP) is 1.59. The van der Waals surface area contributed by atoms with Crippen LogP contribution in [0.5, 0.6) is 0 Å². The van der Waals surface area contributed by atoms with E-state index >= 15 is 0 Å². The van der Waals surface area contributed by atoms with Crippen molar-refractivity contribution >= 4 is 6.03 Å². The lowest BCUT2D eigenvalue weighted by atomic mass is 9.75. The van der Waals surface area contributed by atoms with Crippen LogP contribution in [-0.4, -0.2) is 43.2 Å². The van der Waals surface area contributed by atoms with Gasteiger partial charge in [0.1, 0.15) is 0 Å². The fourth-order valence-electron chi connectivity index (χ4n) is 3.17. The Morgan fingerprint density at radius 1 is 1.50 bits per heavy atom. The second kappa shape index (κ2) is 6.23. The smallest absolute Gasteiger partial charge is 0.314 e. The molecule has 18 heavy (non-hydrogen) atoms. The summed E-state index contributed by atoms with van der Waals surface area (Å²) in [5, 5.41) is 5.84. The molecule has 0 aromatic heterocycles. The van der Waals surface area contributed by atoms with Crippen LogP contribution in [0, 0.1) is 11.8 Å². The Morgan fingerprint density at radius 3 is 2.94 bits per heavy atom. The van der Waals surface area contributed by atoms with E-state index in [1.165, 1.54) is 19.4 Å². The molecule has 0 aromatic carbocycles. The summed E-state index contributed by atoms with van der Waals surface area (Å²) >= 11 is 0. The van der Waals surface area contributed by atoms with Crippen LogP contribution in [0.2, 0.25) is 0 Å². The number of piperidine rings is 3. The van der Waals surface area contributed by atoms with E-state index in [1.807, 2.05) is 0 Å². The van der Waals surface area contributed by atoms with E-state index < -0.39 is 0 Å². The SMILES string of the molecule is C=C[C@H]1CN2CC[C@H]1C[C@@H]2CNC(=O)NCCC. The Balaban J connectivity index is 1.75. The average Bonchev–Trinajstić information content (AvgIpc) is 2.43. The molecular weight excluding hydrogens is 226 g/mol. The molecule has 2 amide bonds. The molecule has 4 heteroatoms. The molecule has 3 aliphatic rings. The van der Waals surface area contributed by atoms with Crippen LogP contribution in [0.3, 0.4) is 0 Å². The van der Waals surface area contributed by atoms with Crippen LogP contribution >= 0.6 is 0 Å². The molecule has 0 aromatic rings. The largest absolute Gasteiger partial charge is 0.338 e. The predicted molar refractivity (Wildman–Crippen MR) is 73.5 cm³/mol. The Hall–Kier alpha value is -1.03. The molecule has 0 spiro atoms. The van der Waals surface area contributed by atoms with Crippen LogP contribution in [0.15, 0.2) is 12.7 Å². The molecule has 2 bridgehead atoms. The zero-order chi connectivity index (χ0) is 13.0. The van der Waals surface area contributed by atoms with Gasteiger partial charge in [0.05, 0.1) is 0 Å². The summed E-state index contributed by atoms with van der Waals surface area (Å²) < 4.78 is 0. The first-order valence-electron chi connectivity index (χ1n) is 7.13. The topological polar surface area (TPSA) is 44.4 Å². The van der Waals surface area contributed by atoms with E-state index in [-0.39, 0.29) is 6.03 Å². The number of nitrogens with zero attached hydrogens (tertiary/aromatic N) is 1. The number of fused-ring (bicyclic) bond motifs is 3. The number of hydrogen-bond donors (Lipinski definition) is 2. The first-order valence-corrected chi connectivity index (χ1v) is 7.13. The third-order valence-corrected chi connectivity index (χ3v) is 4.27. The summed E-state index contributed by atoms with van der Waals surface area (Å²) in [6.45, 7) is 9.81. The Morgan fingerprint density at radius 2 is 2.33 bits per heavy atom. The summed E-state index contributed by atoms with van der Waals surface area (Å²) in [7, 11) is 0. The molecule has 3 aliphatic heterocycles. The molecule has 3 fully saturated rings. The molecule has 4 nitrogen and oxygen atoms in total. The van der Waals surface area contributed by atoms with Crippen molar-refractivity contribution < 1.29 is 4.79 Å². The van der Waals surface area contributed by atoms with E-state index in [2.05, 4.69) is 35.1 Å². The molecule has 2 N–H and O–H groups in total. The Bertz CT molecular complexity index is 305. The quantitative estimate of drug-likeness (QED) is 0.729. The number of nitrogens with one attached hydrogen (secondary N) is 2. The van der Waals surface area contributed by atoms with Crippen LogP contribution in [0.4, 0.5) is 4.79 Å². The van der Waals surface area contributed by atoms with Gasteiger partial charge in [0.25, 0.3) is 0 Å². The van der Waals surface area contributed by atoms with Crippen LogP contribution in [-0.2, 0) is 0 Å². The number of hydrogen-bond acceptors (Lipinski definition) is 2. The molecular formula is C14H25N3O. The van der Waals surface area contributed by atoms with Gasteiger partial charge >= 0.3 is 6.03 Å².